The Hall–Kier alpha value is -2.37. The summed E-state index contributed by atoms with van der Waals surface area (Å²) in [6.07, 6.45) is 11.1. The zero-order valence-electron chi connectivity index (χ0n) is 13.8. The second-order valence-corrected chi connectivity index (χ2v) is 6.69. The van der Waals surface area contributed by atoms with Crippen LogP contribution in [0.2, 0.25) is 0 Å². The molecule has 2 fully saturated rings. The van der Waals surface area contributed by atoms with Gasteiger partial charge in [0.2, 0.25) is 5.91 Å². The lowest BCUT2D eigenvalue weighted by atomic mass is 9.98. The van der Waals surface area contributed by atoms with Crippen LogP contribution in [0, 0.1) is 0 Å². The van der Waals surface area contributed by atoms with Crippen LogP contribution in [0.3, 0.4) is 0 Å². The number of fused-ring (bicyclic) bond motifs is 2. The number of ether oxygens (including phenoxy) is 1. The molecule has 2 aliphatic heterocycles. The fourth-order valence-corrected chi connectivity index (χ4v) is 4.03. The molecule has 126 valence electrons. The Labute approximate surface area is 141 Å². The average Bonchev–Trinajstić information content (AvgIpc) is 3.22. The Morgan fingerprint density at radius 2 is 2.04 bits per heavy atom. The first-order chi connectivity index (χ1) is 11.7. The van der Waals surface area contributed by atoms with Gasteiger partial charge in [0.15, 0.2) is 0 Å². The summed E-state index contributed by atoms with van der Waals surface area (Å²) in [7, 11) is 0. The van der Waals surface area contributed by atoms with Crippen LogP contribution in [0.5, 0.6) is 5.75 Å². The van der Waals surface area contributed by atoms with Crippen LogP contribution in [0.25, 0.3) is 0 Å². The van der Waals surface area contributed by atoms with Gasteiger partial charge in [0.25, 0.3) is 0 Å². The van der Waals surface area contributed by atoms with E-state index in [4.69, 9.17) is 4.74 Å². The monoisotopic (exact) mass is 326 g/mol. The van der Waals surface area contributed by atoms with Crippen molar-refractivity contribution in [3.8, 4) is 5.75 Å². The summed E-state index contributed by atoms with van der Waals surface area (Å²) in [5.74, 6) is 0.984. The van der Waals surface area contributed by atoms with Gasteiger partial charge in [0.05, 0.1) is 6.20 Å². The predicted molar refractivity (Wildman–Crippen MR) is 88.5 cm³/mol. The van der Waals surface area contributed by atoms with E-state index in [1.54, 1.807) is 23.3 Å². The maximum Gasteiger partial charge on any atom is 0.247 e. The molecule has 0 aliphatic carbocycles. The number of rotatable bonds is 4. The van der Waals surface area contributed by atoms with E-state index >= 15 is 0 Å². The number of carbonyl (C=O) groups is 1. The third-order valence-corrected chi connectivity index (χ3v) is 5.16. The van der Waals surface area contributed by atoms with Crippen LogP contribution in [0.4, 0.5) is 0 Å². The van der Waals surface area contributed by atoms with Crippen molar-refractivity contribution in [2.75, 3.05) is 0 Å². The van der Waals surface area contributed by atoms with Crippen molar-refractivity contribution in [1.29, 1.82) is 0 Å². The fraction of sp³-hybridized carbons (Fsp3) is 0.500. The molecule has 6 heteroatoms. The van der Waals surface area contributed by atoms with Crippen LogP contribution in [-0.2, 0) is 4.79 Å². The SMILES string of the molecule is CC(C(=O)N1C2CCC1CC(Oc1cccnc1)C2)n1cccn1. The number of hydrogen-bond donors (Lipinski definition) is 0. The Bertz CT molecular complexity index is 674. The minimum absolute atomic E-state index is 0.163. The fourth-order valence-electron chi connectivity index (χ4n) is 4.03. The zero-order chi connectivity index (χ0) is 16.5. The van der Waals surface area contributed by atoms with Gasteiger partial charge in [-0.05, 0) is 38.0 Å². The van der Waals surface area contributed by atoms with Gasteiger partial charge in [-0.2, -0.15) is 5.10 Å². The number of carbonyl (C=O) groups excluding carboxylic acids is 1. The topological polar surface area (TPSA) is 60.3 Å². The summed E-state index contributed by atoms with van der Waals surface area (Å²) >= 11 is 0. The number of piperidine rings is 1. The van der Waals surface area contributed by atoms with Crippen molar-refractivity contribution < 1.29 is 9.53 Å². The van der Waals surface area contributed by atoms with E-state index < -0.39 is 0 Å². The van der Waals surface area contributed by atoms with Crippen LogP contribution in [0.15, 0.2) is 43.0 Å². The second kappa shape index (κ2) is 6.26. The molecule has 0 aromatic carbocycles. The van der Waals surface area contributed by atoms with Gasteiger partial charge in [-0.3, -0.25) is 14.5 Å². The highest BCUT2D eigenvalue weighted by atomic mass is 16.5. The Morgan fingerprint density at radius 3 is 2.67 bits per heavy atom. The summed E-state index contributed by atoms with van der Waals surface area (Å²) in [5, 5.41) is 4.21. The number of amides is 1. The smallest absolute Gasteiger partial charge is 0.247 e. The quantitative estimate of drug-likeness (QED) is 0.866. The van der Waals surface area contributed by atoms with Gasteiger partial charge in [0, 0.05) is 43.5 Å². The van der Waals surface area contributed by atoms with Crippen molar-refractivity contribution in [1.82, 2.24) is 19.7 Å². The molecule has 24 heavy (non-hydrogen) atoms. The Balaban J connectivity index is 1.44. The standard InChI is InChI=1S/C18H22N4O2/c1-13(21-9-3-8-20-21)18(23)22-14-5-6-15(22)11-17(10-14)24-16-4-2-7-19-12-16/h2-4,7-9,12-15,17H,5-6,10-11H2,1H3. The van der Waals surface area contributed by atoms with Crippen molar-refractivity contribution in [2.24, 2.45) is 0 Å². The maximum atomic E-state index is 12.9. The molecule has 0 radical (unpaired) electrons. The molecule has 0 spiro atoms. The van der Waals surface area contributed by atoms with Crippen molar-refractivity contribution in [2.45, 2.75) is 56.8 Å². The van der Waals surface area contributed by atoms with Gasteiger partial charge in [-0.25, -0.2) is 0 Å². The molecule has 2 saturated heterocycles. The molecule has 4 heterocycles. The zero-order valence-corrected chi connectivity index (χ0v) is 13.8. The van der Waals surface area contributed by atoms with Gasteiger partial charge >= 0.3 is 0 Å². The van der Waals surface area contributed by atoms with E-state index in [1.807, 2.05) is 31.3 Å². The van der Waals surface area contributed by atoms with Crippen molar-refractivity contribution in [3.05, 3.63) is 43.0 Å². The molecule has 2 aromatic heterocycles. The largest absolute Gasteiger partial charge is 0.489 e. The van der Waals surface area contributed by atoms with Crippen LogP contribution < -0.4 is 4.74 Å². The summed E-state index contributed by atoms with van der Waals surface area (Å²) in [6.45, 7) is 1.92. The first kappa shape index (κ1) is 15.2. The highest BCUT2D eigenvalue weighted by molar-refractivity contribution is 5.81. The third kappa shape index (κ3) is 2.77. The maximum absolute atomic E-state index is 12.9. The van der Waals surface area contributed by atoms with Crippen molar-refractivity contribution >= 4 is 5.91 Å². The first-order valence-corrected chi connectivity index (χ1v) is 8.60. The molecule has 3 unspecified atom stereocenters. The molecule has 3 atom stereocenters. The molecular formula is C18H22N4O2. The summed E-state index contributed by atoms with van der Waals surface area (Å²) in [5.41, 5.74) is 0. The lowest BCUT2D eigenvalue weighted by Crippen LogP contribution is -2.51. The molecule has 2 bridgehead atoms. The van der Waals surface area contributed by atoms with Gasteiger partial charge in [-0.1, -0.05) is 0 Å². The van der Waals surface area contributed by atoms with Crippen LogP contribution >= 0.6 is 0 Å². The number of pyridine rings is 1. The minimum Gasteiger partial charge on any atom is -0.489 e. The molecule has 2 aliphatic rings. The summed E-state index contributed by atoms with van der Waals surface area (Å²) in [6, 6.07) is 5.97. The summed E-state index contributed by atoms with van der Waals surface area (Å²) < 4.78 is 7.82. The van der Waals surface area contributed by atoms with E-state index in [1.165, 1.54) is 0 Å². The Kier molecular flexibility index (Phi) is 3.96. The predicted octanol–water partition coefficient (Wildman–Crippen LogP) is 2.44. The normalized spacial score (nSPS) is 27.0. The summed E-state index contributed by atoms with van der Waals surface area (Å²) in [4.78, 5) is 19.1. The first-order valence-electron chi connectivity index (χ1n) is 8.60. The number of aromatic nitrogens is 3. The third-order valence-electron chi connectivity index (χ3n) is 5.16. The average molecular weight is 326 g/mol. The van der Waals surface area contributed by atoms with Crippen molar-refractivity contribution in [3.63, 3.8) is 0 Å². The minimum atomic E-state index is -0.251. The molecular weight excluding hydrogens is 304 g/mol. The van der Waals surface area contributed by atoms with Crippen LogP contribution in [0.1, 0.15) is 38.6 Å². The molecule has 4 rings (SSSR count). The van der Waals surface area contributed by atoms with Gasteiger partial charge in [0.1, 0.15) is 17.9 Å². The lowest BCUT2D eigenvalue weighted by molar-refractivity contribution is -0.140. The van der Waals surface area contributed by atoms with Crippen LogP contribution in [-0.4, -0.2) is 43.8 Å². The van der Waals surface area contributed by atoms with E-state index in [2.05, 4.69) is 15.0 Å². The molecule has 0 saturated carbocycles. The highest BCUT2D eigenvalue weighted by Crippen LogP contribution is 2.38. The molecule has 0 N–H and O–H groups in total. The number of nitrogens with zero attached hydrogens (tertiary/aromatic N) is 4. The number of hydrogen-bond acceptors (Lipinski definition) is 4. The van der Waals surface area contributed by atoms with E-state index in [0.29, 0.717) is 0 Å². The second-order valence-electron chi connectivity index (χ2n) is 6.69. The molecule has 2 aromatic rings. The molecule has 6 nitrogen and oxygen atoms in total. The van der Waals surface area contributed by atoms with E-state index in [0.717, 1.165) is 31.4 Å². The van der Waals surface area contributed by atoms with E-state index in [-0.39, 0.29) is 30.1 Å². The Morgan fingerprint density at radius 1 is 1.25 bits per heavy atom. The van der Waals surface area contributed by atoms with Gasteiger partial charge in [-0.15, -0.1) is 0 Å². The molecule has 1 amide bonds. The highest BCUT2D eigenvalue weighted by Gasteiger charge is 2.45. The van der Waals surface area contributed by atoms with E-state index in [9.17, 15) is 4.79 Å². The van der Waals surface area contributed by atoms with Gasteiger partial charge < -0.3 is 9.64 Å². The lowest BCUT2D eigenvalue weighted by Gasteiger charge is -2.40.